The van der Waals surface area contributed by atoms with Gasteiger partial charge in [-0.15, -0.1) is 0 Å². The summed E-state index contributed by atoms with van der Waals surface area (Å²) in [4.78, 5) is 12.2. The van der Waals surface area contributed by atoms with E-state index in [1.54, 1.807) is 49.7 Å². The van der Waals surface area contributed by atoms with Crippen LogP contribution >= 0.6 is 0 Å². The quantitative estimate of drug-likeness (QED) is 0.500. The van der Waals surface area contributed by atoms with Crippen LogP contribution in [-0.2, 0) is 6.54 Å². The number of hydrazone groups is 1. The Balaban J connectivity index is 2.32. The molecular weight excluding hydrogens is 319 g/mol. The summed E-state index contributed by atoms with van der Waals surface area (Å²) < 4.78 is 13.8. The van der Waals surface area contributed by atoms with Crippen LogP contribution in [0.15, 0.2) is 69.8 Å². The van der Waals surface area contributed by atoms with Gasteiger partial charge in [-0.05, 0) is 24.9 Å². The molecule has 0 atom stereocenters. The minimum Gasteiger partial charge on any atom is -0.397 e. The zero-order chi connectivity index (χ0) is 18.1. The summed E-state index contributed by atoms with van der Waals surface area (Å²) in [5, 5.41) is 5.54. The number of halogens is 1. The van der Waals surface area contributed by atoms with E-state index < -0.39 is 0 Å². The summed E-state index contributed by atoms with van der Waals surface area (Å²) in [6, 6.07) is 11.9. The first-order valence-corrected chi connectivity index (χ1v) is 7.50. The standard InChI is InChI=1S/C18H19FN6/c1-21-13-24-25(2)18(11-16(20)17-9-5-6-10-22-17)23-12-14-7-3-4-8-15(14)19/h3-11,13H,1,12,20H2,2H3/b16-11?,23-18?,24-13-. The van der Waals surface area contributed by atoms with Crippen LogP contribution in [0.3, 0.4) is 0 Å². The highest BCUT2D eigenvalue weighted by molar-refractivity contribution is 5.98. The van der Waals surface area contributed by atoms with Crippen molar-refractivity contribution in [2.75, 3.05) is 7.05 Å². The Morgan fingerprint density at radius 3 is 2.72 bits per heavy atom. The van der Waals surface area contributed by atoms with Crippen molar-refractivity contribution in [3.8, 4) is 0 Å². The number of amidine groups is 1. The molecule has 2 aromatic rings. The molecule has 1 aromatic carbocycles. The summed E-state index contributed by atoms with van der Waals surface area (Å²) in [6.45, 7) is 3.49. The summed E-state index contributed by atoms with van der Waals surface area (Å²) in [5.74, 6) is 0.123. The number of nitrogens with zero attached hydrogens (tertiary/aromatic N) is 5. The fourth-order valence-corrected chi connectivity index (χ4v) is 1.95. The molecule has 0 radical (unpaired) electrons. The lowest BCUT2D eigenvalue weighted by Gasteiger charge is -2.13. The largest absolute Gasteiger partial charge is 0.397 e. The zero-order valence-electron chi connectivity index (χ0n) is 13.9. The topological polar surface area (TPSA) is 79.2 Å². The second-order valence-corrected chi connectivity index (χ2v) is 5.02. The molecule has 0 fully saturated rings. The zero-order valence-corrected chi connectivity index (χ0v) is 13.9. The lowest BCUT2D eigenvalue weighted by atomic mass is 10.2. The first-order chi connectivity index (χ1) is 12.1. The molecule has 0 aliphatic heterocycles. The van der Waals surface area contributed by atoms with E-state index in [4.69, 9.17) is 5.73 Å². The van der Waals surface area contributed by atoms with Crippen LogP contribution < -0.4 is 5.73 Å². The average Bonchev–Trinajstić information content (AvgIpc) is 2.64. The Morgan fingerprint density at radius 2 is 2.04 bits per heavy atom. The van der Waals surface area contributed by atoms with Crippen molar-refractivity contribution in [3.05, 3.63) is 71.8 Å². The second-order valence-electron chi connectivity index (χ2n) is 5.02. The van der Waals surface area contributed by atoms with Crippen LogP contribution in [0.25, 0.3) is 5.70 Å². The van der Waals surface area contributed by atoms with Crippen LogP contribution in [-0.4, -0.2) is 35.9 Å². The van der Waals surface area contributed by atoms with Gasteiger partial charge in [-0.2, -0.15) is 5.10 Å². The molecule has 0 aliphatic carbocycles. The first kappa shape index (κ1) is 18.0. The van der Waals surface area contributed by atoms with Crippen molar-refractivity contribution in [1.82, 2.24) is 9.99 Å². The van der Waals surface area contributed by atoms with Crippen molar-refractivity contribution in [2.45, 2.75) is 6.54 Å². The molecule has 1 aromatic heterocycles. The summed E-state index contributed by atoms with van der Waals surface area (Å²) in [5.41, 5.74) is 7.60. The van der Waals surface area contributed by atoms with E-state index in [1.807, 2.05) is 6.07 Å². The molecule has 128 valence electrons. The van der Waals surface area contributed by atoms with Gasteiger partial charge in [0, 0.05) is 24.9 Å². The van der Waals surface area contributed by atoms with Crippen LogP contribution in [0.2, 0.25) is 0 Å². The predicted molar refractivity (Wildman–Crippen MR) is 99.7 cm³/mol. The predicted octanol–water partition coefficient (Wildman–Crippen LogP) is 2.69. The molecule has 2 rings (SSSR count). The Kier molecular flexibility index (Phi) is 6.53. The molecule has 0 amide bonds. The molecule has 2 N–H and O–H groups in total. The monoisotopic (exact) mass is 338 g/mol. The van der Waals surface area contributed by atoms with Crippen molar-refractivity contribution in [1.29, 1.82) is 0 Å². The maximum atomic E-state index is 13.8. The number of aromatic nitrogens is 1. The number of hydrogen-bond donors (Lipinski definition) is 1. The third-order valence-corrected chi connectivity index (χ3v) is 3.25. The lowest BCUT2D eigenvalue weighted by molar-refractivity contribution is 0.545. The molecule has 0 bridgehead atoms. The highest BCUT2D eigenvalue weighted by Crippen LogP contribution is 2.10. The third-order valence-electron chi connectivity index (χ3n) is 3.25. The van der Waals surface area contributed by atoms with E-state index in [-0.39, 0.29) is 12.4 Å². The molecule has 7 heteroatoms. The van der Waals surface area contributed by atoms with Gasteiger partial charge in [0.25, 0.3) is 0 Å². The number of rotatable bonds is 6. The van der Waals surface area contributed by atoms with Crippen LogP contribution in [0.1, 0.15) is 11.3 Å². The molecule has 0 saturated heterocycles. The van der Waals surface area contributed by atoms with E-state index in [9.17, 15) is 4.39 Å². The molecule has 1 heterocycles. The molecule has 0 spiro atoms. The number of pyridine rings is 1. The SMILES string of the molecule is C=N/C=N\N(C)C(C=C(N)c1ccccn1)=NCc1ccccc1F. The van der Waals surface area contributed by atoms with E-state index in [0.717, 1.165) is 0 Å². The number of hydrogen-bond acceptors (Lipinski definition) is 4. The van der Waals surface area contributed by atoms with Gasteiger partial charge in [0.05, 0.1) is 17.9 Å². The van der Waals surface area contributed by atoms with Gasteiger partial charge in [-0.1, -0.05) is 24.3 Å². The first-order valence-electron chi connectivity index (χ1n) is 7.50. The normalized spacial score (nSPS) is 12.4. The number of benzene rings is 1. The van der Waals surface area contributed by atoms with Gasteiger partial charge in [0.2, 0.25) is 0 Å². The molecular formula is C18H19FN6. The highest BCUT2D eigenvalue weighted by atomic mass is 19.1. The van der Waals surface area contributed by atoms with Gasteiger partial charge in [-0.3, -0.25) is 15.0 Å². The van der Waals surface area contributed by atoms with E-state index in [1.165, 1.54) is 17.4 Å². The molecule has 6 nitrogen and oxygen atoms in total. The summed E-state index contributed by atoms with van der Waals surface area (Å²) >= 11 is 0. The van der Waals surface area contributed by atoms with Crippen molar-refractivity contribution in [3.63, 3.8) is 0 Å². The Labute approximate surface area is 145 Å². The summed E-state index contributed by atoms with van der Waals surface area (Å²) in [7, 11) is 1.68. The van der Waals surface area contributed by atoms with Gasteiger partial charge >= 0.3 is 0 Å². The Morgan fingerprint density at radius 1 is 1.28 bits per heavy atom. The van der Waals surface area contributed by atoms with E-state index in [2.05, 4.69) is 26.8 Å². The smallest absolute Gasteiger partial charge is 0.146 e. The van der Waals surface area contributed by atoms with E-state index in [0.29, 0.717) is 22.8 Å². The summed E-state index contributed by atoms with van der Waals surface area (Å²) in [6.07, 6.45) is 4.56. The van der Waals surface area contributed by atoms with Gasteiger partial charge in [0.15, 0.2) is 0 Å². The van der Waals surface area contributed by atoms with Crippen molar-refractivity contribution >= 4 is 24.6 Å². The minimum atomic E-state index is -0.314. The van der Waals surface area contributed by atoms with Crippen LogP contribution in [0.4, 0.5) is 4.39 Å². The fourth-order valence-electron chi connectivity index (χ4n) is 1.95. The third kappa shape index (κ3) is 5.35. The van der Waals surface area contributed by atoms with Crippen LogP contribution in [0, 0.1) is 5.82 Å². The molecule has 25 heavy (non-hydrogen) atoms. The highest BCUT2D eigenvalue weighted by Gasteiger charge is 2.07. The van der Waals surface area contributed by atoms with Gasteiger partial charge in [0.1, 0.15) is 18.0 Å². The number of aliphatic imine (C=N–C) groups is 2. The number of nitrogens with two attached hydrogens (primary N) is 1. The Bertz CT molecular complexity index is 798. The van der Waals surface area contributed by atoms with Gasteiger partial charge in [-0.25, -0.2) is 9.40 Å². The van der Waals surface area contributed by atoms with Crippen molar-refractivity contribution < 1.29 is 4.39 Å². The second kappa shape index (κ2) is 9.07. The molecule has 0 aliphatic rings. The Hall–Kier alpha value is -3.35. The van der Waals surface area contributed by atoms with Crippen molar-refractivity contribution in [2.24, 2.45) is 20.8 Å². The van der Waals surface area contributed by atoms with E-state index >= 15 is 0 Å². The average molecular weight is 338 g/mol. The van der Waals surface area contributed by atoms with Crippen LogP contribution in [0.5, 0.6) is 0 Å². The maximum Gasteiger partial charge on any atom is 0.146 e. The molecule has 0 unspecified atom stereocenters. The number of likely N-dealkylation sites (N-methyl/N-ethyl adjacent to an activating group) is 1. The lowest BCUT2D eigenvalue weighted by Crippen LogP contribution is -2.21. The minimum absolute atomic E-state index is 0.148. The maximum absolute atomic E-state index is 13.8. The van der Waals surface area contributed by atoms with Gasteiger partial charge < -0.3 is 5.73 Å². The fraction of sp³-hybridized carbons (Fsp3) is 0.111. The molecule has 0 saturated carbocycles.